The van der Waals surface area contributed by atoms with Crippen LogP contribution in [-0.4, -0.2) is 6.94 Å². The summed E-state index contributed by atoms with van der Waals surface area (Å²) in [6.45, 7) is 1.75. The monoisotopic (exact) mass is 280 g/mol. The van der Waals surface area contributed by atoms with Crippen molar-refractivity contribution in [1.82, 2.24) is 0 Å². The summed E-state index contributed by atoms with van der Waals surface area (Å²) in [5.41, 5.74) is 0. The summed E-state index contributed by atoms with van der Waals surface area (Å²) in [4.78, 5) is 0. The molecule has 0 radical (unpaired) electrons. The minimum atomic E-state index is -1.69. The van der Waals surface area contributed by atoms with Crippen molar-refractivity contribution in [3.63, 3.8) is 0 Å². The summed E-state index contributed by atoms with van der Waals surface area (Å²) < 4.78 is 0. The topological polar surface area (TPSA) is 0 Å². The van der Waals surface area contributed by atoms with Gasteiger partial charge in [0, 0.05) is 0 Å². The summed E-state index contributed by atoms with van der Waals surface area (Å²) in [7, 11) is 10.5. The van der Waals surface area contributed by atoms with Gasteiger partial charge in [-0.1, -0.05) is 0 Å². The fourth-order valence-corrected chi connectivity index (χ4v) is 0. The normalized spacial score (nSPS) is 6.50. The van der Waals surface area contributed by atoms with E-state index in [1.54, 1.807) is 6.94 Å². The van der Waals surface area contributed by atoms with Gasteiger partial charge in [-0.25, -0.2) is 0 Å². The second-order valence-electron chi connectivity index (χ2n) is 0.339. The predicted octanol–water partition coefficient (Wildman–Crippen LogP) is 0.460. The third-order valence-corrected chi connectivity index (χ3v) is 0. The van der Waals surface area contributed by atoms with Crippen molar-refractivity contribution in [1.29, 1.82) is 0 Å². The molecule has 4 heteroatoms. The SMILES string of the molecule is [SiH2]=[Hf]([Cl])[Cl]. The number of hydrogen-bond acceptors (Lipinski definition) is 0. The van der Waals surface area contributed by atoms with Crippen molar-refractivity contribution in [3.8, 4) is 0 Å². The molecular formula is H2Cl2HfSi. The molecule has 0 amide bonds. The Hall–Kier alpha value is 1.67. The van der Waals surface area contributed by atoms with Gasteiger partial charge >= 0.3 is 41.8 Å². The first-order chi connectivity index (χ1) is 1.73. The van der Waals surface area contributed by atoms with Gasteiger partial charge in [0.1, 0.15) is 0 Å². The van der Waals surface area contributed by atoms with E-state index in [2.05, 4.69) is 0 Å². The molecule has 0 atom stereocenters. The van der Waals surface area contributed by atoms with Crippen molar-refractivity contribution in [2.75, 3.05) is 0 Å². The van der Waals surface area contributed by atoms with Gasteiger partial charge in [-0.3, -0.25) is 0 Å². The number of rotatable bonds is 0. The molecule has 0 aliphatic rings. The summed E-state index contributed by atoms with van der Waals surface area (Å²) in [6.07, 6.45) is 0. The Bertz CT molecular complexity index is 29.0. The molecule has 0 aromatic heterocycles. The van der Waals surface area contributed by atoms with Crippen molar-refractivity contribution < 1.29 is 17.7 Å². The first-order valence-corrected chi connectivity index (χ1v) is 18.0. The minimum absolute atomic E-state index is 1.69. The van der Waals surface area contributed by atoms with E-state index < -0.39 is 17.7 Å². The fourth-order valence-electron chi connectivity index (χ4n) is 0. The molecule has 0 spiro atoms. The van der Waals surface area contributed by atoms with E-state index in [0.717, 1.165) is 0 Å². The van der Waals surface area contributed by atoms with Crippen LogP contribution >= 0.6 is 17.2 Å². The molecule has 0 aromatic rings. The van der Waals surface area contributed by atoms with Crippen molar-refractivity contribution in [3.05, 3.63) is 0 Å². The van der Waals surface area contributed by atoms with Crippen LogP contribution in [0.25, 0.3) is 0 Å². The average Bonchev–Trinajstić information content (AvgIpc) is 0.811. The van der Waals surface area contributed by atoms with E-state index in [-0.39, 0.29) is 0 Å². The van der Waals surface area contributed by atoms with E-state index in [4.69, 9.17) is 17.2 Å². The van der Waals surface area contributed by atoms with Crippen molar-refractivity contribution >= 4 is 24.1 Å². The van der Waals surface area contributed by atoms with Crippen LogP contribution in [0, 0.1) is 0 Å². The molecule has 0 aliphatic heterocycles. The molecule has 24 valence electrons. The molecule has 0 fully saturated rings. The fraction of sp³-hybridized carbons (Fsp3) is 0. The Morgan fingerprint density at radius 2 is 1.50 bits per heavy atom. The van der Waals surface area contributed by atoms with Crippen LogP contribution in [0.15, 0.2) is 0 Å². The molecule has 4 heavy (non-hydrogen) atoms. The third-order valence-electron chi connectivity index (χ3n) is 0. The van der Waals surface area contributed by atoms with E-state index in [0.29, 0.717) is 0 Å². The Balaban J connectivity index is 2.80. The van der Waals surface area contributed by atoms with Gasteiger partial charge in [-0.05, 0) is 0 Å². The number of hydrogen-bond donors (Lipinski definition) is 0. The molecule has 0 rings (SSSR count). The maximum atomic E-state index is 5.27. The van der Waals surface area contributed by atoms with E-state index >= 15 is 0 Å². The summed E-state index contributed by atoms with van der Waals surface area (Å²) in [6, 6.07) is 0. The molecule has 0 heterocycles. The van der Waals surface area contributed by atoms with Gasteiger partial charge in [-0.15, -0.1) is 0 Å². The van der Waals surface area contributed by atoms with Crippen LogP contribution in [-0.2, 0) is 17.7 Å². The molecule has 0 bridgehead atoms. The standard InChI is InChI=1S/2ClH.Hf.H2Si/h2*1H;;1H2/q;;+2;/p-2. The van der Waals surface area contributed by atoms with Crippen LogP contribution in [0.3, 0.4) is 0 Å². The number of halogens is 2. The summed E-state index contributed by atoms with van der Waals surface area (Å²) >= 11 is -1.69. The molecule has 0 saturated heterocycles. The molecule has 0 nitrogen and oxygen atoms in total. The summed E-state index contributed by atoms with van der Waals surface area (Å²) in [5.74, 6) is 0. The molecular weight excluding hydrogens is 277 g/mol. The van der Waals surface area contributed by atoms with Crippen LogP contribution in [0.1, 0.15) is 0 Å². The van der Waals surface area contributed by atoms with E-state index in [1.165, 1.54) is 0 Å². The average molecular weight is 279 g/mol. The van der Waals surface area contributed by atoms with Gasteiger partial charge in [0.2, 0.25) is 0 Å². The van der Waals surface area contributed by atoms with Crippen LogP contribution < -0.4 is 0 Å². The van der Waals surface area contributed by atoms with Crippen LogP contribution in [0.4, 0.5) is 0 Å². The zero-order valence-corrected chi connectivity index (χ0v) is 8.48. The van der Waals surface area contributed by atoms with Gasteiger partial charge in [0.15, 0.2) is 0 Å². The molecule has 0 N–H and O–H groups in total. The zero-order valence-electron chi connectivity index (χ0n) is 1.96. The Kier molecular flexibility index (Phi) is 4.08. The molecule has 0 unspecified atom stereocenters. The van der Waals surface area contributed by atoms with Crippen molar-refractivity contribution in [2.45, 2.75) is 0 Å². The second kappa shape index (κ2) is 2.88. The van der Waals surface area contributed by atoms with Gasteiger partial charge in [0.05, 0.1) is 0 Å². The molecule has 0 aliphatic carbocycles. The first-order valence-electron chi connectivity index (χ1n) is 0.732. The van der Waals surface area contributed by atoms with Crippen LogP contribution in [0.5, 0.6) is 0 Å². The zero-order chi connectivity index (χ0) is 3.58. The second-order valence-corrected chi connectivity index (χ2v) is 25.0. The quantitative estimate of drug-likeness (QED) is 0.565. The molecule has 0 saturated carbocycles. The van der Waals surface area contributed by atoms with Gasteiger partial charge in [0.25, 0.3) is 0 Å². The van der Waals surface area contributed by atoms with Crippen molar-refractivity contribution in [2.24, 2.45) is 0 Å². The summed E-state index contributed by atoms with van der Waals surface area (Å²) in [5, 5.41) is 0. The van der Waals surface area contributed by atoms with Gasteiger partial charge in [-0.2, -0.15) is 0 Å². The predicted molar refractivity (Wildman–Crippen MR) is 20.2 cm³/mol. The van der Waals surface area contributed by atoms with Gasteiger partial charge < -0.3 is 0 Å². The molecule has 0 aromatic carbocycles. The first kappa shape index (κ1) is 5.67. The Morgan fingerprint density at radius 1 is 1.50 bits per heavy atom. The van der Waals surface area contributed by atoms with E-state index in [9.17, 15) is 0 Å². The third kappa shape index (κ3) is 9.39. The Labute approximate surface area is 41.5 Å². The Morgan fingerprint density at radius 3 is 1.50 bits per heavy atom. The van der Waals surface area contributed by atoms with Crippen LogP contribution in [0.2, 0.25) is 0 Å². The maximum absolute atomic E-state index is 5.27. The van der Waals surface area contributed by atoms with E-state index in [1.807, 2.05) is 0 Å².